The first-order valence-corrected chi connectivity index (χ1v) is 6.54. The zero-order valence-corrected chi connectivity index (χ0v) is 9.94. The lowest BCUT2D eigenvalue weighted by Crippen LogP contribution is -2.48. The van der Waals surface area contributed by atoms with Gasteiger partial charge in [0.2, 0.25) is 0 Å². The number of carbonyl (C=O) groups is 1. The van der Waals surface area contributed by atoms with Gasteiger partial charge in [-0.2, -0.15) is 0 Å². The standard InChI is InChI=1S/C10H13NO5S/c1-17(15,16)8-4-2-7(3-5-8)10(11,6-12)9(13)14/h2-5,12H,6,11H2,1H3,(H,13,14)/t10-/m1/s1. The van der Waals surface area contributed by atoms with Crippen molar-refractivity contribution in [3.05, 3.63) is 29.8 Å². The summed E-state index contributed by atoms with van der Waals surface area (Å²) in [6.07, 6.45) is 1.04. The van der Waals surface area contributed by atoms with Gasteiger partial charge in [-0.25, -0.2) is 13.2 Å². The van der Waals surface area contributed by atoms with E-state index in [1.165, 1.54) is 24.3 Å². The van der Waals surface area contributed by atoms with Crippen LogP contribution in [0.1, 0.15) is 5.56 Å². The topological polar surface area (TPSA) is 118 Å². The van der Waals surface area contributed by atoms with E-state index in [-0.39, 0.29) is 10.5 Å². The number of aliphatic carboxylic acids is 1. The van der Waals surface area contributed by atoms with Crippen molar-refractivity contribution in [3.8, 4) is 0 Å². The molecule has 0 heterocycles. The molecule has 0 spiro atoms. The quantitative estimate of drug-likeness (QED) is 0.659. The van der Waals surface area contributed by atoms with Crippen LogP contribution in [-0.2, 0) is 20.2 Å². The molecule has 0 amide bonds. The maximum Gasteiger partial charge on any atom is 0.330 e. The Hall–Kier alpha value is -1.44. The first-order chi connectivity index (χ1) is 7.71. The van der Waals surface area contributed by atoms with E-state index < -0.39 is 28.0 Å². The Bertz CT molecular complexity index is 522. The molecule has 0 fully saturated rings. The molecule has 94 valence electrons. The van der Waals surface area contributed by atoms with Gasteiger partial charge in [0.1, 0.15) is 0 Å². The molecule has 0 aliphatic carbocycles. The zero-order chi connectivity index (χ0) is 13.3. The number of aliphatic hydroxyl groups is 1. The van der Waals surface area contributed by atoms with E-state index in [2.05, 4.69) is 0 Å². The molecule has 0 aliphatic heterocycles. The number of sulfone groups is 1. The molecular formula is C10H13NO5S. The molecule has 0 aromatic heterocycles. The molecule has 0 saturated carbocycles. The second-order valence-electron chi connectivity index (χ2n) is 3.73. The number of carboxylic acids is 1. The van der Waals surface area contributed by atoms with E-state index in [9.17, 15) is 13.2 Å². The number of nitrogens with two attached hydrogens (primary N) is 1. The van der Waals surface area contributed by atoms with Gasteiger partial charge < -0.3 is 15.9 Å². The minimum absolute atomic E-state index is 0.0620. The summed E-state index contributed by atoms with van der Waals surface area (Å²) < 4.78 is 22.4. The van der Waals surface area contributed by atoms with Gasteiger partial charge in [0, 0.05) is 6.26 Å². The molecule has 6 nitrogen and oxygen atoms in total. The molecule has 7 heteroatoms. The van der Waals surface area contributed by atoms with Crippen LogP contribution in [0, 0.1) is 0 Å². The summed E-state index contributed by atoms with van der Waals surface area (Å²) in [6.45, 7) is -0.777. The normalized spacial score (nSPS) is 15.2. The summed E-state index contributed by atoms with van der Waals surface area (Å²) >= 11 is 0. The molecule has 1 aromatic rings. The van der Waals surface area contributed by atoms with Crippen LogP contribution in [0.3, 0.4) is 0 Å². The van der Waals surface area contributed by atoms with Crippen molar-refractivity contribution in [1.82, 2.24) is 0 Å². The third kappa shape index (κ3) is 2.63. The van der Waals surface area contributed by atoms with Gasteiger partial charge in [-0.05, 0) is 17.7 Å². The Labute approximate surface area is 98.6 Å². The number of aliphatic hydroxyl groups excluding tert-OH is 1. The molecule has 4 N–H and O–H groups in total. The molecule has 1 aromatic carbocycles. The highest BCUT2D eigenvalue weighted by molar-refractivity contribution is 7.90. The molecule has 0 aliphatic rings. The van der Waals surface area contributed by atoms with Crippen LogP contribution < -0.4 is 5.73 Å². The lowest BCUT2D eigenvalue weighted by atomic mass is 9.92. The van der Waals surface area contributed by atoms with Gasteiger partial charge in [0.05, 0.1) is 11.5 Å². The van der Waals surface area contributed by atoms with Crippen molar-refractivity contribution >= 4 is 15.8 Å². The minimum atomic E-state index is -3.34. The first-order valence-electron chi connectivity index (χ1n) is 4.65. The average molecular weight is 259 g/mol. The Kier molecular flexibility index (Phi) is 3.56. The summed E-state index contributed by atoms with van der Waals surface area (Å²) in [6, 6.07) is 5.07. The van der Waals surface area contributed by atoms with Crippen LogP contribution in [0.15, 0.2) is 29.2 Å². The van der Waals surface area contributed by atoms with Crippen LogP contribution in [0.2, 0.25) is 0 Å². The highest BCUT2D eigenvalue weighted by Gasteiger charge is 2.35. The van der Waals surface area contributed by atoms with E-state index >= 15 is 0 Å². The maximum absolute atomic E-state index is 11.2. The first kappa shape index (κ1) is 13.6. The molecule has 17 heavy (non-hydrogen) atoms. The van der Waals surface area contributed by atoms with Crippen molar-refractivity contribution in [2.75, 3.05) is 12.9 Å². The van der Waals surface area contributed by atoms with E-state index in [1.54, 1.807) is 0 Å². The summed E-state index contributed by atoms with van der Waals surface area (Å²) in [5.74, 6) is -1.38. The molecule has 0 unspecified atom stereocenters. The van der Waals surface area contributed by atoms with E-state index in [4.69, 9.17) is 15.9 Å². The Morgan fingerprint density at radius 3 is 2.12 bits per heavy atom. The zero-order valence-electron chi connectivity index (χ0n) is 9.12. The fourth-order valence-electron chi connectivity index (χ4n) is 1.28. The smallest absolute Gasteiger partial charge is 0.330 e. The third-order valence-corrected chi connectivity index (χ3v) is 3.56. The van der Waals surface area contributed by atoms with Crippen LogP contribution in [0.25, 0.3) is 0 Å². The monoisotopic (exact) mass is 259 g/mol. The van der Waals surface area contributed by atoms with Crippen LogP contribution in [0.4, 0.5) is 0 Å². The van der Waals surface area contributed by atoms with Gasteiger partial charge >= 0.3 is 5.97 Å². The van der Waals surface area contributed by atoms with Crippen LogP contribution in [-0.4, -0.2) is 37.5 Å². The Morgan fingerprint density at radius 1 is 1.35 bits per heavy atom. The van der Waals surface area contributed by atoms with Gasteiger partial charge in [-0.15, -0.1) is 0 Å². The second kappa shape index (κ2) is 4.44. The van der Waals surface area contributed by atoms with Gasteiger partial charge in [-0.1, -0.05) is 12.1 Å². The minimum Gasteiger partial charge on any atom is -0.480 e. The SMILES string of the molecule is CS(=O)(=O)c1ccc([C@](N)(CO)C(=O)O)cc1. The molecule has 1 atom stereocenters. The fraction of sp³-hybridized carbons (Fsp3) is 0.300. The molecule has 0 bridgehead atoms. The van der Waals surface area contributed by atoms with Gasteiger partial charge in [0.15, 0.2) is 15.4 Å². The van der Waals surface area contributed by atoms with Gasteiger partial charge in [0.25, 0.3) is 0 Å². The number of hydrogen-bond acceptors (Lipinski definition) is 5. The van der Waals surface area contributed by atoms with Crippen molar-refractivity contribution in [1.29, 1.82) is 0 Å². The predicted octanol–water partition coefficient (Wildman–Crippen LogP) is -0.679. The summed E-state index contributed by atoms with van der Waals surface area (Å²) in [7, 11) is -3.34. The second-order valence-corrected chi connectivity index (χ2v) is 5.75. The van der Waals surface area contributed by atoms with Crippen molar-refractivity contribution < 1.29 is 23.4 Å². The van der Waals surface area contributed by atoms with E-state index in [0.717, 1.165) is 6.26 Å². The highest BCUT2D eigenvalue weighted by atomic mass is 32.2. The Balaban J connectivity index is 3.23. The fourth-order valence-corrected chi connectivity index (χ4v) is 1.91. The van der Waals surface area contributed by atoms with E-state index in [1.807, 2.05) is 0 Å². The number of hydrogen-bond donors (Lipinski definition) is 3. The third-order valence-electron chi connectivity index (χ3n) is 2.43. The Morgan fingerprint density at radius 2 is 1.82 bits per heavy atom. The van der Waals surface area contributed by atoms with Crippen molar-refractivity contribution in [2.45, 2.75) is 10.4 Å². The number of benzene rings is 1. The number of carboxylic acid groups (broad SMARTS) is 1. The summed E-state index contributed by atoms with van der Waals surface area (Å²) in [5.41, 5.74) is 3.74. The van der Waals surface area contributed by atoms with E-state index in [0.29, 0.717) is 0 Å². The molecule has 0 saturated heterocycles. The van der Waals surface area contributed by atoms with Crippen molar-refractivity contribution in [3.63, 3.8) is 0 Å². The average Bonchev–Trinajstić information content (AvgIpc) is 2.26. The molecular weight excluding hydrogens is 246 g/mol. The molecule has 0 radical (unpaired) electrons. The predicted molar refractivity (Wildman–Crippen MR) is 60.1 cm³/mol. The largest absolute Gasteiger partial charge is 0.480 e. The lowest BCUT2D eigenvalue weighted by Gasteiger charge is -2.22. The molecule has 1 rings (SSSR count). The lowest BCUT2D eigenvalue weighted by molar-refractivity contribution is -0.145. The highest BCUT2D eigenvalue weighted by Crippen LogP contribution is 2.20. The summed E-state index contributed by atoms with van der Waals surface area (Å²) in [4.78, 5) is 11.0. The summed E-state index contributed by atoms with van der Waals surface area (Å²) in [5, 5.41) is 17.9. The number of rotatable bonds is 4. The maximum atomic E-state index is 11.2. The van der Waals surface area contributed by atoms with Crippen LogP contribution >= 0.6 is 0 Å². The van der Waals surface area contributed by atoms with Crippen molar-refractivity contribution in [2.24, 2.45) is 5.73 Å². The van der Waals surface area contributed by atoms with Crippen LogP contribution in [0.5, 0.6) is 0 Å². The van der Waals surface area contributed by atoms with Gasteiger partial charge in [-0.3, -0.25) is 0 Å².